The SMILES string of the molecule is CC(C)NC(=O)N1CCN2C(=O)C3CC(OCc4ccc(F)cc4)CN3C(=O)C2C1. The van der Waals surface area contributed by atoms with E-state index in [-0.39, 0.29) is 42.4 Å². The molecule has 162 valence electrons. The molecule has 0 saturated carbocycles. The first-order valence-corrected chi connectivity index (χ1v) is 10.4. The second-order valence-electron chi connectivity index (χ2n) is 8.40. The Bertz CT molecular complexity index is 831. The van der Waals surface area contributed by atoms with Gasteiger partial charge in [0.25, 0.3) is 0 Å². The average molecular weight is 418 g/mol. The number of nitrogens with one attached hydrogen (secondary N) is 1. The summed E-state index contributed by atoms with van der Waals surface area (Å²) in [6.07, 6.45) is 0.196. The molecule has 3 heterocycles. The number of halogens is 1. The Labute approximate surface area is 174 Å². The lowest BCUT2D eigenvalue weighted by Gasteiger charge is -2.47. The molecular weight excluding hydrogens is 391 g/mol. The molecule has 3 aliphatic rings. The number of hydrogen-bond donors (Lipinski definition) is 1. The lowest BCUT2D eigenvalue weighted by atomic mass is 10.0. The van der Waals surface area contributed by atoms with Gasteiger partial charge in [-0.15, -0.1) is 0 Å². The maximum atomic E-state index is 13.1. The number of carbonyl (C=O) groups is 3. The Morgan fingerprint density at radius 1 is 1.10 bits per heavy atom. The molecular formula is C21H27FN4O4. The number of benzene rings is 1. The smallest absolute Gasteiger partial charge is 0.317 e. The van der Waals surface area contributed by atoms with Crippen LogP contribution in [0.15, 0.2) is 24.3 Å². The highest BCUT2D eigenvalue weighted by Crippen LogP contribution is 2.30. The highest BCUT2D eigenvalue weighted by atomic mass is 19.1. The van der Waals surface area contributed by atoms with Crippen molar-refractivity contribution >= 4 is 17.8 Å². The molecule has 0 spiro atoms. The van der Waals surface area contributed by atoms with Crippen LogP contribution in [0.5, 0.6) is 0 Å². The van der Waals surface area contributed by atoms with Crippen LogP contribution in [0.2, 0.25) is 0 Å². The number of hydrogen-bond acceptors (Lipinski definition) is 4. The van der Waals surface area contributed by atoms with Gasteiger partial charge in [0.1, 0.15) is 17.9 Å². The number of carbonyl (C=O) groups excluding carboxylic acids is 3. The van der Waals surface area contributed by atoms with Crippen molar-refractivity contribution in [3.05, 3.63) is 35.6 Å². The van der Waals surface area contributed by atoms with E-state index in [4.69, 9.17) is 4.74 Å². The van der Waals surface area contributed by atoms with E-state index in [0.717, 1.165) is 5.56 Å². The molecule has 0 bridgehead atoms. The van der Waals surface area contributed by atoms with Crippen molar-refractivity contribution < 1.29 is 23.5 Å². The van der Waals surface area contributed by atoms with E-state index in [1.54, 1.807) is 26.8 Å². The Hall–Kier alpha value is -2.68. The number of urea groups is 1. The van der Waals surface area contributed by atoms with E-state index in [2.05, 4.69) is 5.32 Å². The van der Waals surface area contributed by atoms with E-state index in [0.29, 0.717) is 32.7 Å². The number of amides is 4. The van der Waals surface area contributed by atoms with E-state index in [9.17, 15) is 18.8 Å². The van der Waals surface area contributed by atoms with E-state index in [1.165, 1.54) is 12.1 Å². The minimum atomic E-state index is -0.642. The van der Waals surface area contributed by atoms with Gasteiger partial charge in [0.2, 0.25) is 11.8 Å². The first-order chi connectivity index (χ1) is 14.3. The third-order valence-corrected chi connectivity index (χ3v) is 5.88. The van der Waals surface area contributed by atoms with Gasteiger partial charge in [0.15, 0.2) is 0 Å². The quantitative estimate of drug-likeness (QED) is 0.790. The molecule has 1 N–H and O–H groups in total. The minimum Gasteiger partial charge on any atom is -0.372 e. The molecule has 4 amide bonds. The van der Waals surface area contributed by atoms with Gasteiger partial charge in [-0.2, -0.15) is 0 Å². The zero-order valence-electron chi connectivity index (χ0n) is 17.2. The molecule has 3 saturated heterocycles. The Morgan fingerprint density at radius 3 is 2.50 bits per heavy atom. The van der Waals surface area contributed by atoms with Gasteiger partial charge in [-0.1, -0.05) is 12.1 Å². The van der Waals surface area contributed by atoms with Crippen LogP contribution in [0.1, 0.15) is 25.8 Å². The van der Waals surface area contributed by atoms with Crippen LogP contribution in [0.25, 0.3) is 0 Å². The predicted molar refractivity (Wildman–Crippen MR) is 106 cm³/mol. The third kappa shape index (κ3) is 3.98. The first-order valence-electron chi connectivity index (χ1n) is 10.4. The molecule has 4 rings (SSSR count). The maximum Gasteiger partial charge on any atom is 0.317 e. The topological polar surface area (TPSA) is 82.2 Å². The molecule has 8 nitrogen and oxygen atoms in total. The van der Waals surface area contributed by atoms with Crippen LogP contribution in [-0.2, 0) is 20.9 Å². The first kappa shape index (κ1) is 20.6. The normalized spacial score (nSPS) is 26.1. The number of piperazine rings is 2. The summed E-state index contributed by atoms with van der Waals surface area (Å²) in [5.74, 6) is -0.508. The van der Waals surface area contributed by atoms with Gasteiger partial charge in [-0.05, 0) is 31.5 Å². The number of rotatable bonds is 4. The average Bonchev–Trinajstić information content (AvgIpc) is 3.15. The van der Waals surface area contributed by atoms with Gasteiger partial charge >= 0.3 is 6.03 Å². The van der Waals surface area contributed by atoms with Crippen molar-refractivity contribution in [1.29, 1.82) is 0 Å². The standard InChI is InChI=1S/C21H27FN4O4/c1-13(2)23-21(29)24-7-8-25-18(11-24)20(28)26-10-16(9-17(26)19(25)27)30-12-14-3-5-15(22)6-4-14/h3-6,13,16-18H,7-12H2,1-2H3,(H,23,29). The number of nitrogens with zero attached hydrogens (tertiary/aromatic N) is 3. The largest absolute Gasteiger partial charge is 0.372 e. The van der Waals surface area contributed by atoms with Gasteiger partial charge in [0, 0.05) is 32.1 Å². The highest BCUT2D eigenvalue weighted by Gasteiger charge is 2.52. The van der Waals surface area contributed by atoms with Crippen LogP contribution in [0.3, 0.4) is 0 Å². The summed E-state index contributed by atoms with van der Waals surface area (Å²) in [5, 5.41) is 2.84. The molecule has 3 unspecified atom stereocenters. The molecule has 3 atom stereocenters. The van der Waals surface area contributed by atoms with Crippen LogP contribution in [0, 0.1) is 5.82 Å². The van der Waals surface area contributed by atoms with Crippen molar-refractivity contribution in [2.24, 2.45) is 0 Å². The van der Waals surface area contributed by atoms with Gasteiger partial charge in [-0.3, -0.25) is 9.59 Å². The Kier molecular flexibility index (Phi) is 5.64. The lowest BCUT2D eigenvalue weighted by Crippen LogP contribution is -2.69. The van der Waals surface area contributed by atoms with Gasteiger partial charge < -0.3 is 24.8 Å². The van der Waals surface area contributed by atoms with Crippen LogP contribution >= 0.6 is 0 Å². The summed E-state index contributed by atoms with van der Waals surface area (Å²) in [6.45, 7) is 5.36. The molecule has 1 aromatic rings. The molecule has 30 heavy (non-hydrogen) atoms. The third-order valence-electron chi connectivity index (χ3n) is 5.88. The fourth-order valence-electron chi connectivity index (χ4n) is 4.35. The monoisotopic (exact) mass is 418 g/mol. The van der Waals surface area contributed by atoms with Crippen molar-refractivity contribution in [2.75, 3.05) is 26.2 Å². The van der Waals surface area contributed by atoms with Crippen LogP contribution in [-0.4, -0.2) is 83.0 Å². The second kappa shape index (κ2) is 8.22. The molecule has 0 aromatic heterocycles. The highest BCUT2D eigenvalue weighted by molar-refractivity contribution is 5.98. The predicted octanol–water partition coefficient (Wildman–Crippen LogP) is 0.956. The summed E-state index contributed by atoms with van der Waals surface area (Å²) in [6, 6.07) is 4.70. The number of ether oxygens (including phenoxy) is 1. The van der Waals surface area contributed by atoms with E-state index < -0.39 is 12.1 Å². The summed E-state index contributed by atoms with van der Waals surface area (Å²) in [4.78, 5) is 43.3. The molecule has 3 fully saturated rings. The van der Waals surface area contributed by atoms with Gasteiger partial charge in [0.05, 0.1) is 19.3 Å². The fourth-order valence-corrected chi connectivity index (χ4v) is 4.35. The summed E-state index contributed by atoms with van der Waals surface area (Å²) in [5.41, 5.74) is 0.836. The van der Waals surface area contributed by atoms with Crippen molar-refractivity contribution in [1.82, 2.24) is 20.0 Å². The van der Waals surface area contributed by atoms with E-state index >= 15 is 0 Å². The molecule has 9 heteroatoms. The van der Waals surface area contributed by atoms with Crippen molar-refractivity contribution in [3.8, 4) is 0 Å². The zero-order valence-corrected chi connectivity index (χ0v) is 17.2. The van der Waals surface area contributed by atoms with Crippen LogP contribution in [0.4, 0.5) is 9.18 Å². The molecule has 1 aromatic carbocycles. The zero-order chi connectivity index (χ0) is 21.4. The maximum absolute atomic E-state index is 13.1. The second-order valence-corrected chi connectivity index (χ2v) is 8.40. The summed E-state index contributed by atoms with van der Waals surface area (Å²) >= 11 is 0. The molecule has 0 radical (unpaired) electrons. The Balaban J connectivity index is 1.39. The summed E-state index contributed by atoms with van der Waals surface area (Å²) < 4.78 is 19.0. The molecule has 3 aliphatic heterocycles. The fraction of sp³-hybridized carbons (Fsp3) is 0.571. The van der Waals surface area contributed by atoms with Crippen LogP contribution < -0.4 is 5.32 Å². The molecule has 0 aliphatic carbocycles. The van der Waals surface area contributed by atoms with Crippen molar-refractivity contribution in [3.63, 3.8) is 0 Å². The van der Waals surface area contributed by atoms with Gasteiger partial charge in [-0.25, -0.2) is 9.18 Å². The Morgan fingerprint density at radius 2 is 1.80 bits per heavy atom. The number of fused-ring (bicyclic) bond motifs is 2. The van der Waals surface area contributed by atoms with Crippen molar-refractivity contribution in [2.45, 2.75) is 51.1 Å². The van der Waals surface area contributed by atoms with E-state index in [1.807, 2.05) is 13.8 Å². The summed E-state index contributed by atoms with van der Waals surface area (Å²) in [7, 11) is 0. The minimum absolute atomic E-state index is 0.00111. The lowest BCUT2D eigenvalue weighted by molar-refractivity contribution is -0.162.